The molecule has 0 heterocycles. The van der Waals surface area contributed by atoms with Crippen molar-refractivity contribution in [2.45, 2.75) is 10.1 Å². The van der Waals surface area contributed by atoms with Gasteiger partial charge in [0.25, 0.3) is 5.91 Å². The fourth-order valence-corrected chi connectivity index (χ4v) is 4.77. The zero-order valence-electron chi connectivity index (χ0n) is 18.2. The highest BCUT2D eigenvalue weighted by molar-refractivity contribution is 8.00. The van der Waals surface area contributed by atoms with Gasteiger partial charge < -0.3 is 10.6 Å². The molecule has 0 saturated heterocycles. The number of hydrogen-bond donors (Lipinski definition) is 2. The van der Waals surface area contributed by atoms with E-state index in [-0.39, 0.29) is 11.5 Å². The van der Waals surface area contributed by atoms with Crippen LogP contribution in [0.3, 0.4) is 0 Å². The minimum absolute atomic E-state index is 0.0346. The Morgan fingerprint density at radius 3 is 2.17 bits per heavy atom. The molecule has 0 aliphatic carbocycles. The van der Waals surface area contributed by atoms with Gasteiger partial charge in [0.1, 0.15) is 11.1 Å². The summed E-state index contributed by atoms with van der Waals surface area (Å²) in [6.07, 6.45) is 0. The zero-order valence-corrected chi connectivity index (χ0v) is 20.5. The lowest BCUT2D eigenvalue weighted by Crippen LogP contribution is -2.19. The van der Waals surface area contributed by atoms with E-state index in [1.807, 2.05) is 30.3 Å². The molecule has 4 rings (SSSR count). The number of carbonyl (C=O) groups excluding carboxylic acids is 2. The Balaban J connectivity index is 1.50. The van der Waals surface area contributed by atoms with Crippen molar-refractivity contribution in [3.8, 4) is 0 Å². The normalized spacial score (nSPS) is 11.5. The van der Waals surface area contributed by atoms with Crippen LogP contribution in [-0.2, 0) is 4.79 Å². The number of amides is 2. The average Bonchev–Trinajstić information content (AvgIpc) is 2.86. The maximum absolute atomic E-state index is 13.9. The van der Waals surface area contributed by atoms with Gasteiger partial charge in [-0.15, -0.1) is 11.8 Å². The minimum atomic E-state index is -0.588. The van der Waals surface area contributed by atoms with Crippen molar-refractivity contribution in [2.24, 2.45) is 0 Å². The summed E-state index contributed by atoms with van der Waals surface area (Å²) in [6.45, 7) is 0. The SMILES string of the molecule is O=C(Nc1ccc(SC(C(=O)Nc2ccc(Cl)cc2Cl)c2ccccc2)cc1)c1ccccc1F. The van der Waals surface area contributed by atoms with E-state index in [0.717, 1.165) is 10.5 Å². The number of hydrogen-bond acceptors (Lipinski definition) is 3. The van der Waals surface area contributed by atoms with E-state index < -0.39 is 17.0 Å². The number of rotatable bonds is 7. The van der Waals surface area contributed by atoms with Gasteiger partial charge >= 0.3 is 0 Å². The molecule has 0 radical (unpaired) electrons. The third kappa shape index (κ3) is 6.42. The van der Waals surface area contributed by atoms with Crippen molar-refractivity contribution in [3.05, 3.63) is 124 Å². The van der Waals surface area contributed by atoms with E-state index in [4.69, 9.17) is 23.2 Å². The predicted octanol–water partition coefficient (Wildman–Crippen LogP) is 7.86. The van der Waals surface area contributed by atoms with E-state index >= 15 is 0 Å². The minimum Gasteiger partial charge on any atom is -0.323 e. The highest BCUT2D eigenvalue weighted by atomic mass is 35.5. The predicted molar refractivity (Wildman–Crippen MR) is 141 cm³/mol. The summed E-state index contributed by atoms with van der Waals surface area (Å²) in [5, 5.41) is 5.81. The molecule has 2 amide bonds. The van der Waals surface area contributed by atoms with Crippen LogP contribution >= 0.6 is 35.0 Å². The summed E-state index contributed by atoms with van der Waals surface area (Å²) in [7, 11) is 0. The number of benzene rings is 4. The molecule has 0 aromatic heterocycles. The maximum atomic E-state index is 13.9. The van der Waals surface area contributed by atoms with Crippen molar-refractivity contribution in [2.75, 3.05) is 10.6 Å². The first-order valence-electron chi connectivity index (χ1n) is 10.5. The highest BCUT2D eigenvalue weighted by Crippen LogP contribution is 2.37. The van der Waals surface area contributed by atoms with Gasteiger partial charge in [-0.3, -0.25) is 9.59 Å². The van der Waals surface area contributed by atoms with E-state index in [1.165, 1.54) is 30.0 Å². The standard InChI is InChI=1S/C27H19Cl2FN2O2S/c28-18-10-15-24(22(29)16-18)32-27(34)25(17-6-2-1-3-7-17)35-20-13-11-19(12-14-20)31-26(33)21-8-4-5-9-23(21)30/h1-16,25H,(H,31,33)(H,32,34). The van der Waals surface area contributed by atoms with Crippen molar-refractivity contribution in [1.82, 2.24) is 0 Å². The van der Waals surface area contributed by atoms with Gasteiger partial charge in [-0.25, -0.2) is 4.39 Å². The van der Waals surface area contributed by atoms with Crippen LogP contribution in [-0.4, -0.2) is 11.8 Å². The summed E-state index contributed by atoms with van der Waals surface area (Å²) >= 11 is 13.5. The molecule has 0 fully saturated rings. The number of anilines is 2. The molecule has 0 aliphatic rings. The fraction of sp³-hybridized carbons (Fsp3) is 0.0370. The lowest BCUT2D eigenvalue weighted by atomic mass is 10.1. The summed E-state index contributed by atoms with van der Waals surface area (Å²) in [4.78, 5) is 26.4. The van der Waals surface area contributed by atoms with E-state index in [0.29, 0.717) is 21.4 Å². The van der Waals surface area contributed by atoms with Crippen LogP contribution in [0, 0.1) is 5.82 Å². The second-order valence-corrected chi connectivity index (χ2v) is 9.50. The van der Waals surface area contributed by atoms with Crippen molar-refractivity contribution in [3.63, 3.8) is 0 Å². The van der Waals surface area contributed by atoms with E-state index in [2.05, 4.69) is 10.6 Å². The topological polar surface area (TPSA) is 58.2 Å². The quantitative estimate of drug-likeness (QED) is 0.242. The Morgan fingerprint density at radius 2 is 1.49 bits per heavy atom. The Bertz CT molecular complexity index is 1350. The maximum Gasteiger partial charge on any atom is 0.258 e. The number of thioether (sulfide) groups is 1. The van der Waals surface area contributed by atoms with Crippen LogP contribution in [0.2, 0.25) is 10.0 Å². The molecule has 0 aliphatic heterocycles. The molecule has 4 aromatic rings. The molecule has 35 heavy (non-hydrogen) atoms. The molecule has 2 N–H and O–H groups in total. The molecule has 176 valence electrons. The van der Waals surface area contributed by atoms with Gasteiger partial charge in [-0.05, 0) is 60.2 Å². The Hall–Kier alpha value is -3.32. The molecular weight excluding hydrogens is 506 g/mol. The van der Waals surface area contributed by atoms with Crippen LogP contribution in [0.5, 0.6) is 0 Å². The van der Waals surface area contributed by atoms with Crippen molar-refractivity contribution < 1.29 is 14.0 Å². The van der Waals surface area contributed by atoms with Crippen molar-refractivity contribution >= 4 is 58.2 Å². The number of carbonyl (C=O) groups is 2. The lowest BCUT2D eigenvalue weighted by molar-refractivity contribution is -0.115. The second-order valence-electron chi connectivity index (χ2n) is 7.48. The van der Waals surface area contributed by atoms with Crippen LogP contribution in [0.15, 0.2) is 102 Å². The Labute approximate surface area is 216 Å². The number of halogens is 3. The third-order valence-electron chi connectivity index (χ3n) is 5.01. The summed E-state index contributed by atoms with van der Waals surface area (Å²) < 4.78 is 13.9. The van der Waals surface area contributed by atoms with Gasteiger partial charge in [0, 0.05) is 15.6 Å². The van der Waals surface area contributed by atoms with Crippen LogP contribution in [0.1, 0.15) is 21.2 Å². The first-order valence-corrected chi connectivity index (χ1v) is 12.2. The van der Waals surface area contributed by atoms with Gasteiger partial charge in [0.2, 0.25) is 5.91 Å². The lowest BCUT2D eigenvalue weighted by Gasteiger charge is -2.18. The van der Waals surface area contributed by atoms with Crippen LogP contribution < -0.4 is 10.6 Å². The molecule has 1 atom stereocenters. The summed E-state index contributed by atoms with van der Waals surface area (Å²) in [6, 6.07) is 27.0. The van der Waals surface area contributed by atoms with Crippen LogP contribution in [0.25, 0.3) is 0 Å². The monoisotopic (exact) mass is 524 g/mol. The first kappa shape index (κ1) is 24.8. The second kappa shape index (κ2) is 11.4. The molecule has 8 heteroatoms. The molecular formula is C27H19Cl2FN2O2S. The van der Waals surface area contributed by atoms with Crippen LogP contribution in [0.4, 0.5) is 15.8 Å². The van der Waals surface area contributed by atoms with Gasteiger partial charge in [-0.1, -0.05) is 65.7 Å². The van der Waals surface area contributed by atoms with Crippen molar-refractivity contribution in [1.29, 1.82) is 0 Å². The molecule has 0 bridgehead atoms. The molecule has 4 aromatic carbocycles. The van der Waals surface area contributed by atoms with Gasteiger partial charge in [0.05, 0.1) is 16.3 Å². The molecule has 0 spiro atoms. The molecule has 4 nitrogen and oxygen atoms in total. The van der Waals surface area contributed by atoms with Gasteiger partial charge in [0.15, 0.2) is 0 Å². The third-order valence-corrected chi connectivity index (χ3v) is 6.83. The number of nitrogens with one attached hydrogen (secondary N) is 2. The molecule has 0 saturated carbocycles. The summed E-state index contributed by atoms with van der Waals surface area (Å²) in [5.74, 6) is -1.37. The zero-order chi connectivity index (χ0) is 24.8. The van der Waals surface area contributed by atoms with Gasteiger partial charge in [-0.2, -0.15) is 0 Å². The smallest absolute Gasteiger partial charge is 0.258 e. The highest BCUT2D eigenvalue weighted by Gasteiger charge is 2.23. The Morgan fingerprint density at radius 1 is 0.800 bits per heavy atom. The fourth-order valence-electron chi connectivity index (χ4n) is 3.29. The largest absolute Gasteiger partial charge is 0.323 e. The van der Waals surface area contributed by atoms with E-state index in [9.17, 15) is 14.0 Å². The first-order chi connectivity index (χ1) is 16.9. The Kier molecular flexibility index (Phi) is 8.08. The van der Waals surface area contributed by atoms with E-state index in [1.54, 1.807) is 48.5 Å². The molecule has 1 unspecified atom stereocenters. The average molecular weight is 525 g/mol. The summed E-state index contributed by atoms with van der Waals surface area (Å²) in [5.41, 5.74) is 1.76.